The molecule has 0 fully saturated rings. The molecule has 0 radical (unpaired) electrons. The van der Waals surface area contributed by atoms with Crippen LogP contribution in [0.15, 0.2) is 6.20 Å². The zero-order valence-corrected chi connectivity index (χ0v) is 8.58. The van der Waals surface area contributed by atoms with Crippen molar-refractivity contribution in [2.24, 2.45) is 5.73 Å². The molecular weight excluding hydrogens is 178 g/mol. The SMILES string of the molecule is CCCc1ncc(C(N)=O)nc1CC. The lowest BCUT2D eigenvalue weighted by Gasteiger charge is -2.05. The largest absolute Gasteiger partial charge is 0.364 e. The summed E-state index contributed by atoms with van der Waals surface area (Å²) in [7, 11) is 0. The first-order chi connectivity index (χ1) is 6.69. The Bertz CT molecular complexity index is 336. The number of aromatic nitrogens is 2. The third-order valence-electron chi connectivity index (χ3n) is 2.01. The summed E-state index contributed by atoms with van der Waals surface area (Å²) >= 11 is 0. The van der Waals surface area contributed by atoms with E-state index in [4.69, 9.17) is 5.73 Å². The summed E-state index contributed by atoms with van der Waals surface area (Å²) in [5, 5.41) is 0. The van der Waals surface area contributed by atoms with Crippen LogP contribution in [0.2, 0.25) is 0 Å². The van der Waals surface area contributed by atoms with E-state index in [2.05, 4.69) is 16.9 Å². The molecule has 4 heteroatoms. The number of hydrogen-bond donors (Lipinski definition) is 1. The summed E-state index contributed by atoms with van der Waals surface area (Å²) in [6.07, 6.45) is 4.16. The van der Waals surface area contributed by atoms with E-state index in [-0.39, 0.29) is 5.69 Å². The van der Waals surface area contributed by atoms with Crippen LogP contribution in [0.25, 0.3) is 0 Å². The van der Waals surface area contributed by atoms with Gasteiger partial charge in [-0.3, -0.25) is 9.78 Å². The molecule has 0 aliphatic carbocycles. The second-order valence-corrected chi connectivity index (χ2v) is 3.12. The van der Waals surface area contributed by atoms with Crippen molar-refractivity contribution < 1.29 is 4.79 Å². The van der Waals surface area contributed by atoms with Crippen molar-refractivity contribution in [2.45, 2.75) is 33.1 Å². The van der Waals surface area contributed by atoms with E-state index in [0.717, 1.165) is 30.7 Å². The fourth-order valence-electron chi connectivity index (χ4n) is 1.30. The lowest BCUT2D eigenvalue weighted by molar-refractivity contribution is 0.0995. The molecule has 1 rings (SSSR count). The molecule has 1 amide bonds. The summed E-state index contributed by atoms with van der Waals surface area (Å²) in [5.41, 5.74) is 7.22. The van der Waals surface area contributed by atoms with Gasteiger partial charge in [-0.1, -0.05) is 20.3 Å². The molecule has 1 heterocycles. The Morgan fingerprint density at radius 2 is 2.14 bits per heavy atom. The number of rotatable bonds is 4. The molecule has 0 aliphatic rings. The molecule has 14 heavy (non-hydrogen) atoms. The highest BCUT2D eigenvalue weighted by Gasteiger charge is 2.08. The number of nitrogens with two attached hydrogens (primary N) is 1. The van der Waals surface area contributed by atoms with Gasteiger partial charge >= 0.3 is 0 Å². The molecular formula is C10H15N3O. The van der Waals surface area contributed by atoms with Gasteiger partial charge in [0.2, 0.25) is 0 Å². The quantitative estimate of drug-likeness (QED) is 0.778. The lowest BCUT2D eigenvalue weighted by atomic mass is 10.1. The molecule has 76 valence electrons. The van der Waals surface area contributed by atoms with E-state index < -0.39 is 5.91 Å². The lowest BCUT2D eigenvalue weighted by Crippen LogP contribution is -2.15. The van der Waals surface area contributed by atoms with Gasteiger partial charge in [-0.15, -0.1) is 0 Å². The Labute approximate surface area is 83.6 Å². The zero-order valence-electron chi connectivity index (χ0n) is 8.58. The fourth-order valence-corrected chi connectivity index (χ4v) is 1.30. The van der Waals surface area contributed by atoms with Crippen LogP contribution in [-0.2, 0) is 12.8 Å². The van der Waals surface area contributed by atoms with Crippen molar-refractivity contribution in [3.63, 3.8) is 0 Å². The van der Waals surface area contributed by atoms with Crippen LogP contribution in [0.4, 0.5) is 0 Å². The number of carbonyl (C=O) groups is 1. The number of aryl methyl sites for hydroxylation is 2. The Kier molecular flexibility index (Phi) is 3.56. The molecule has 4 nitrogen and oxygen atoms in total. The molecule has 0 aromatic carbocycles. The smallest absolute Gasteiger partial charge is 0.268 e. The first-order valence-corrected chi connectivity index (χ1v) is 4.83. The van der Waals surface area contributed by atoms with Gasteiger partial charge in [0.1, 0.15) is 5.69 Å². The average Bonchev–Trinajstić information content (AvgIpc) is 2.18. The number of primary amides is 1. The van der Waals surface area contributed by atoms with Gasteiger partial charge in [0, 0.05) is 0 Å². The van der Waals surface area contributed by atoms with Gasteiger partial charge in [-0.25, -0.2) is 4.98 Å². The van der Waals surface area contributed by atoms with Gasteiger partial charge in [0.25, 0.3) is 5.91 Å². The second kappa shape index (κ2) is 4.69. The minimum atomic E-state index is -0.518. The van der Waals surface area contributed by atoms with Crippen LogP contribution in [-0.4, -0.2) is 15.9 Å². The summed E-state index contributed by atoms with van der Waals surface area (Å²) in [6.45, 7) is 4.08. The predicted molar refractivity (Wildman–Crippen MR) is 53.9 cm³/mol. The highest BCUT2D eigenvalue weighted by Crippen LogP contribution is 2.07. The van der Waals surface area contributed by atoms with Crippen molar-refractivity contribution in [1.82, 2.24) is 9.97 Å². The van der Waals surface area contributed by atoms with Crippen LogP contribution in [0.3, 0.4) is 0 Å². The molecule has 0 unspecified atom stereocenters. The number of carbonyl (C=O) groups excluding carboxylic acids is 1. The summed E-state index contributed by atoms with van der Waals surface area (Å²) in [4.78, 5) is 19.2. The van der Waals surface area contributed by atoms with Gasteiger partial charge in [0.05, 0.1) is 17.6 Å². The first-order valence-electron chi connectivity index (χ1n) is 4.83. The van der Waals surface area contributed by atoms with Gasteiger partial charge in [-0.05, 0) is 12.8 Å². The van der Waals surface area contributed by atoms with Crippen molar-refractivity contribution >= 4 is 5.91 Å². The van der Waals surface area contributed by atoms with E-state index in [1.165, 1.54) is 6.20 Å². The molecule has 0 spiro atoms. The first kappa shape index (κ1) is 10.6. The summed E-state index contributed by atoms with van der Waals surface area (Å²) in [6, 6.07) is 0. The molecule has 1 aromatic rings. The van der Waals surface area contributed by atoms with E-state index in [9.17, 15) is 4.79 Å². The van der Waals surface area contributed by atoms with Crippen LogP contribution in [0.1, 0.15) is 42.1 Å². The molecule has 0 bridgehead atoms. The molecule has 1 aromatic heterocycles. The van der Waals surface area contributed by atoms with Gasteiger partial charge in [-0.2, -0.15) is 0 Å². The summed E-state index contributed by atoms with van der Waals surface area (Å²) in [5.74, 6) is -0.518. The molecule has 0 aliphatic heterocycles. The number of nitrogens with zero attached hydrogens (tertiary/aromatic N) is 2. The highest BCUT2D eigenvalue weighted by molar-refractivity contribution is 5.90. The van der Waals surface area contributed by atoms with E-state index in [1.54, 1.807) is 0 Å². The number of amides is 1. The van der Waals surface area contributed by atoms with Gasteiger partial charge in [0.15, 0.2) is 0 Å². The van der Waals surface area contributed by atoms with E-state index in [0.29, 0.717) is 0 Å². The molecule has 0 saturated heterocycles. The Morgan fingerprint density at radius 3 is 2.64 bits per heavy atom. The van der Waals surface area contributed by atoms with Crippen molar-refractivity contribution in [3.05, 3.63) is 23.3 Å². The predicted octanol–water partition coefficient (Wildman–Crippen LogP) is 1.09. The number of hydrogen-bond acceptors (Lipinski definition) is 3. The van der Waals surface area contributed by atoms with Gasteiger partial charge < -0.3 is 5.73 Å². The maximum absolute atomic E-state index is 10.9. The third-order valence-corrected chi connectivity index (χ3v) is 2.01. The minimum absolute atomic E-state index is 0.252. The minimum Gasteiger partial charge on any atom is -0.364 e. The van der Waals surface area contributed by atoms with Crippen LogP contribution < -0.4 is 5.73 Å². The van der Waals surface area contributed by atoms with Crippen molar-refractivity contribution in [1.29, 1.82) is 0 Å². The van der Waals surface area contributed by atoms with Crippen LogP contribution >= 0.6 is 0 Å². The van der Waals surface area contributed by atoms with Crippen LogP contribution in [0.5, 0.6) is 0 Å². The maximum Gasteiger partial charge on any atom is 0.268 e. The second-order valence-electron chi connectivity index (χ2n) is 3.12. The Balaban J connectivity index is 3.04. The Morgan fingerprint density at radius 1 is 1.43 bits per heavy atom. The normalized spacial score (nSPS) is 10.1. The van der Waals surface area contributed by atoms with E-state index >= 15 is 0 Å². The zero-order chi connectivity index (χ0) is 10.6. The standard InChI is InChI=1S/C10H15N3O/c1-3-5-8-7(4-2)13-9(6-12-8)10(11)14/h6H,3-5H2,1-2H3,(H2,11,14). The van der Waals surface area contributed by atoms with E-state index in [1.807, 2.05) is 6.92 Å². The average molecular weight is 193 g/mol. The maximum atomic E-state index is 10.9. The highest BCUT2D eigenvalue weighted by atomic mass is 16.1. The van der Waals surface area contributed by atoms with Crippen molar-refractivity contribution in [3.8, 4) is 0 Å². The monoisotopic (exact) mass is 193 g/mol. The Hall–Kier alpha value is -1.45. The third kappa shape index (κ3) is 2.28. The topological polar surface area (TPSA) is 68.9 Å². The van der Waals surface area contributed by atoms with Crippen LogP contribution in [0, 0.1) is 0 Å². The molecule has 2 N–H and O–H groups in total. The molecule has 0 saturated carbocycles. The summed E-state index contributed by atoms with van der Waals surface area (Å²) < 4.78 is 0. The van der Waals surface area contributed by atoms with Crippen molar-refractivity contribution in [2.75, 3.05) is 0 Å². The molecule has 0 atom stereocenters. The fraction of sp³-hybridized carbons (Fsp3) is 0.500.